The molecule has 3 nitrogen and oxygen atoms in total. The summed E-state index contributed by atoms with van der Waals surface area (Å²) in [5.74, 6) is 0.780. The molecule has 3 saturated heterocycles. The summed E-state index contributed by atoms with van der Waals surface area (Å²) < 4.78 is 0. The Labute approximate surface area is 107 Å². The molecule has 1 N–H and O–H groups in total. The summed E-state index contributed by atoms with van der Waals surface area (Å²) in [7, 11) is 0. The molecule has 3 fully saturated rings. The van der Waals surface area contributed by atoms with E-state index in [0.717, 1.165) is 6.42 Å². The molecule has 0 bridgehead atoms. The molecule has 18 heavy (non-hydrogen) atoms. The number of rotatable bonds is 1. The van der Waals surface area contributed by atoms with Crippen LogP contribution in [-0.4, -0.2) is 29.4 Å². The molecule has 3 heterocycles. The number of benzene rings is 1. The van der Waals surface area contributed by atoms with Crippen LogP contribution in [0.2, 0.25) is 0 Å². The van der Waals surface area contributed by atoms with Gasteiger partial charge in [0.05, 0.1) is 12.1 Å². The van der Waals surface area contributed by atoms with Crippen molar-refractivity contribution in [3.8, 4) is 0 Å². The third-order valence-corrected chi connectivity index (χ3v) is 4.88. The molecular weight excluding hydrogens is 224 g/mol. The smallest absolute Gasteiger partial charge is 0.220 e. The quantitative estimate of drug-likeness (QED) is 0.813. The van der Waals surface area contributed by atoms with Gasteiger partial charge in [-0.3, -0.25) is 9.69 Å². The molecule has 94 valence electrons. The standard InChI is InChI=1S/C15H18N2O/c18-13-9-11-12-7-4-8-17(12)15(14(11)16-13)10-5-2-1-3-6-10/h1-3,5-6,11-12,14-15H,4,7-9H2,(H,16,18)/t11-,12-,14+,15-/m1/s1. The van der Waals surface area contributed by atoms with Gasteiger partial charge in [0.1, 0.15) is 0 Å². The Balaban J connectivity index is 1.74. The average Bonchev–Trinajstić information content (AvgIpc) is 3.02. The third kappa shape index (κ3) is 1.37. The molecule has 3 aliphatic heterocycles. The van der Waals surface area contributed by atoms with Crippen LogP contribution in [0.25, 0.3) is 0 Å². The molecule has 1 aromatic rings. The van der Waals surface area contributed by atoms with Gasteiger partial charge in [-0.05, 0) is 24.9 Å². The van der Waals surface area contributed by atoms with Crippen LogP contribution >= 0.6 is 0 Å². The number of amides is 1. The number of hydrogen-bond acceptors (Lipinski definition) is 2. The lowest BCUT2D eigenvalue weighted by molar-refractivity contribution is -0.120. The third-order valence-electron chi connectivity index (χ3n) is 4.88. The fourth-order valence-electron chi connectivity index (χ4n) is 4.26. The fraction of sp³-hybridized carbons (Fsp3) is 0.533. The first-order chi connectivity index (χ1) is 8.84. The van der Waals surface area contributed by atoms with Crippen LogP contribution in [0, 0.1) is 5.92 Å². The Morgan fingerprint density at radius 3 is 2.89 bits per heavy atom. The maximum atomic E-state index is 11.7. The number of carbonyl (C=O) groups is 1. The SMILES string of the molecule is O=C1C[C@H]2[C@H](N1)[C@@H](c1ccccc1)N1CCC[C@H]21. The van der Waals surface area contributed by atoms with Gasteiger partial charge < -0.3 is 5.32 Å². The van der Waals surface area contributed by atoms with Crippen LogP contribution in [0.4, 0.5) is 0 Å². The maximum absolute atomic E-state index is 11.7. The number of fused-ring (bicyclic) bond motifs is 3. The molecule has 0 spiro atoms. The Kier molecular flexibility index (Phi) is 2.24. The van der Waals surface area contributed by atoms with E-state index in [1.807, 2.05) is 0 Å². The molecule has 0 saturated carbocycles. The maximum Gasteiger partial charge on any atom is 0.220 e. The lowest BCUT2D eigenvalue weighted by atomic mass is 9.90. The van der Waals surface area contributed by atoms with Gasteiger partial charge in [0.15, 0.2) is 0 Å². The highest BCUT2D eigenvalue weighted by atomic mass is 16.2. The van der Waals surface area contributed by atoms with Crippen molar-refractivity contribution in [2.24, 2.45) is 5.92 Å². The van der Waals surface area contributed by atoms with Crippen molar-refractivity contribution in [3.63, 3.8) is 0 Å². The minimum absolute atomic E-state index is 0.248. The Morgan fingerprint density at radius 2 is 2.06 bits per heavy atom. The van der Waals surface area contributed by atoms with Crippen molar-refractivity contribution in [1.82, 2.24) is 10.2 Å². The lowest BCUT2D eigenvalue weighted by Gasteiger charge is -2.27. The minimum Gasteiger partial charge on any atom is -0.351 e. The number of hydrogen-bond donors (Lipinski definition) is 1. The molecule has 0 unspecified atom stereocenters. The van der Waals surface area contributed by atoms with Crippen molar-refractivity contribution in [3.05, 3.63) is 35.9 Å². The van der Waals surface area contributed by atoms with Gasteiger partial charge >= 0.3 is 0 Å². The fourth-order valence-corrected chi connectivity index (χ4v) is 4.26. The van der Waals surface area contributed by atoms with Gasteiger partial charge in [0, 0.05) is 18.4 Å². The van der Waals surface area contributed by atoms with E-state index >= 15 is 0 Å². The Bertz CT molecular complexity index is 473. The molecule has 4 rings (SSSR count). The molecule has 4 atom stereocenters. The molecule has 0 aromatic heterocycles. The van der Waals surface area contributed by atoms with Gasteiger partial charge in [0.25, 0.3) is 0 Å². The molecular formula is C15H18N2O. The van der Waals surface area contributed by atoms with Gasteiger partial charge in [-0.2, -0.15) is 0 Å². The second-order valence-electron chi connectivity index (χ2n) is 5.76. The van der Waals surface area contributed by atoms with E-state index in [1.165, 1.54) is 24.9 Å². The highest BCUT2D eigenvalue weighted by Gasteiger charge is 2.54. The van der Waals surface area contributed by atoms with E-state index in [1.54, 1.807) is 0 Å². The lowest BCUT2D eigenvalue weighted by Crippen LogP contribution is -2.36. The van der Waals surface area contributed by atoms with E-state index in [4.69, 9.17) is 0 Å². The normalized spacial score (nSPS) is 38.6. The highest BCUT2D eigenvalue weighted by Crippen LogP contribution is 2.48. The van der Waals surface area contributed by atoms with Crippen molar-refractivity contribution in [2.45, 2.75) is 37.4 Å². The van der Waals surface area contributed by atoms with Gasteiger partial charge in [-0.1, -0.05) is 30.3 Å². The van der Waals surface area contributed by atoms with Crippen LogP contribution in [-0.2, 0) is 4.79 Å². The predicted molar refractivity (Wildman–Crippen MR) is 68.9 cm³/mol. The number of nitrogens with zero attached hydrogens (tertiary/aromatic N) is 1. The molecule has 3 aliphatic rings. The summed E-state index contributed by atoms with van der Waals surface area (Å²) in [4.78, 5) is 14.3. The first-order valence-corrected chi connectivity index (χ1v) is 6.94. The topological polar surface area (TPSA) is 32.3 Å². The minimum atomic E-state index is 0.248. The zero-order valence-corrected chi connectivity index (χ0v) is 10.4. The monoisotopic (exact) mass is 242 g/mol. The van der Waals surface area contributed by atoms with Gasteiger partial charge in [-0.15, -0.1) is 0 Å². The highest BCUT2D eigenvalue weighted by molar-refractivity contribution is 5.79. The summed E-state index contributed by atoms with van der Waals surface area (Å²) >= 11 is 0. The molecule has 0 radical (unpaired) electrons. The first-order valence-electron chi connectivity index (χ1n) is 6.94. The summed E-state index contributed by atoms with van der Waals surface area (Å²) in [6.07, 6.45) is 3.28. The molecule has 0 aliphatic carbocycles. The van der Waals surface area contributed by atoms with E-state index in [2.05, 4.69) is 40.5 Å². The van der Waals surface area contributed by atoms with E-state index in [0.29, 0.717) is 24.0 Å². The van der Waals surface area contributed by atoms with E-state index in [9.17, 15) is 4.79 Å². The van der Waals surface area contributed by atoms with Crippen LogP contribution in [0.5, 0.6) is 0 Å². The molecule has 1 amide bonds. The van der Waals surface area contributed by atoms with E-state index < -0.39 is 0 Å². The van der Waals surface area contributed by atoms with Crippen LogP contribution < -0.4 is 5.32 Å². The van der Waals surface area contributed by atoms with Crippen molar-refractivity contribution >= 4 is 5.91 Å². The zero-order valence-electron chi connectivity index (χ0n) is 10.4. The molecule has 3 heteroatoms. The van der Waals surface area contributed by atoms with Crippen molar-refractivity contribution < 1.29 is 4.79 Å². The summed E-state index contributed by atoms with van der Waals surface area (Å²) in [6.45, 7) is 1.19. The average molecular weight is 242 g/mol. The Hall–Kier alpha value is -1.35. The van der Waals surface area contributed by atoms with Crippen LogP contribution in [0.1, 0.15) is 30.9 Å². The second-order valence-corrected chi connectivity index (χ2v) is 5.76. The van der Waals surface area contributed by atoms with Gasteiger partial charge in [0.2, 0.25) is 5.91 Å². The number of nitrogens with one attached hydrogen (secondary N) is 1. The van der Waals surface area contributed by atoms with E-state index in [-0.39, 0.29) is 5.91 Å². The number of carbonyl (C=O) groups excluding carboxylic acids is 1. The largest absolute Gasteiger partial charge is 0.351 e. The van der Waals surface area contributed by atoms with Crippen molar-refractivity contribution in [2.75, 3.05) is 6.54 Å². The predicted octanol–water partition coefficient (Wildman–Crippen LogP) is 1.71. The second kappa shape index (κ2) is 3.82. The van der Waals surface area contributed by atoms with Crippen molar-refractivity contribution in [1.29, 1.82) is 0 Å². The van der Waals surface area contributed by atoms with Crippen LogP contribution in [0.15, 0.2) is 30.3 Å². The summed E-state index contributed by atoms with van der Waals surface area (Å²) in [5.41, 5.74) is 1.36. The Morgan fingerprint density at radius 1 is 1.22 bits per heavy atom. The first kappa shape index (κ1) is 10.6. The zero-order chi connectivity index (χ0) is 12.1. The molecule has 1 aromatic carbocycles. The summed E-state index contributed by atoms with van der Waals surface area (Å²) in [5, 5.41) is 3.21. The summed E-state index contributed by atoms with van der Waals surface area (Å²) in [6, 6.07) is 12.0. The van der Waals surface area contributed by atoms with Gasteiger partial charge in [-0.25, -0.2) is 0 Å². The van der Waals surface area contributed by atoms with Crippen LogP contribution in [0.3, 0.4) is 0 Å².